The fraction of sp³-hybridized carbons (Fsp3) is 0.444. The quantitative estimate of drug-likeness (QED) is 0.794. The molecule has 2 aromatic rings. The number of hydrogen-bond donors (Lipinski definition) is 2. The maximum Gasteiger partial charge on any atom is 0.145 e. The second kappa shape index (κ2) is 3.62. The predicted octanol–water partition coefficient (Wildman–Crippen LogP) is 0.502. The number of thiazole rings is 1. The maximum atomic E-state index is 6.22. The van der Waals surface area contributed by atoms with E-state index in [1.54, 1.807) is 6.20 Å². The molecule has 3 heterocycles. The summed E-state index contributed by atoms with van der Waals surface area (Å²) < 4.78 is 5.32. The topological polar surface area (TPSA) is 89.7 Å². The highest BCUT2D eigenvalue weighted by Crippen LogP contribution is 2.31. The van der Waals surface area contributed by atoms with E-state index in [0.717, 1.165) is 22.8 Å². The average Bonchev–Trinajstić information content (AvgIpc) is 2.98. The molecule has 1 aliphatic rings. The third-order valence-corrected chi connectivity index (χ3v) is 3.57. The molecule has 1 unspecified atom stereocenters. The lowest BCUT2D eigenvalue weighted by molar-refractivity contribution is 0.177. The zero-order chi connectivity index (χ0) is 11.0. The summed E-state index contributed by atoms with van der Waals surface area (Å²) in [6, 6.07) is 0. The molecule has 0 spiro atoms. The van der Waals surface area contributed by atoms with Crippen LogP contribution in [0.5, 0.6) is 0 Å². The van der Waals surface area contributed by atoms with Crippen molar-refractivity contribution in [2.24, 2.45) is 5.73 Å². The van der Waals surface area contributed by atoms with Crippen LogP contribution in [-0.4, -0.2) is 33.6 Å². The third-order valence-electron chi connectivity index (χ3n) is 2.70. The maximum absolute atomic E-state index is 6.22. The van der Waals surface area contributed by atoms with Gasteiger partial charge in [-0.05, 0) is 6.42 Å². The lowest BCUT2D eigenvalue weighted by atomic mass is 9.97. The van der Waals surface area contributed by atoms with E-state index in [1.807, 2.05) is 5.38 Å². The van der Waals surface area contributed by atoms with E-state index in [1.165, 1.54) is 11.3 Å². The number of nitrogens with zero attached hydrogens (tertiary/aromatic N) is 3. The van der Waals surface area contributed by atoms with Crippen molar-refractivity contribution in [3.63, 3.8) is 0 Å². The lowest BCUT2D eigenvalue weighted by Crippen LogP contribution is -2.37. The Bertz CT molecular complexity index is 474. The Morgan fingerprint density at radius 3 is 3.19 bits per heavy atom. The Morgan fingerprint density at radius 1 is 1.56 bits per heavy atom. The molecule has 16 heavy (non-hydrogen) atoms. The van der Waals surface area contributed by atoms with Crippen LogP contribution in [0.3, 0.4) is 0 Å². The van der Waals surface area contributed by atoms with Crippen molar-refractivity contribution in [1.82, 2.24) is 20.4 Å². The van der Waals surface area contributed by atoms with Crippen molar-refractivity contribution in [3.05, 3.63) is 17.3 Å². The van der Waals surface area contributed by atoms with Gasteiger partial charge in [-0.25, -0.2) is 4.98 Å². The number of aromatic amines is 1. The summed E-state index contributed by atoms with van der Waals surface area (Å²) in [5, 5.41) is 13.1. The minimum absolute atomic E-state index is 0.432. The Labute approximate surface area is 95.8 Å². The van der Waals surface area contributed by atoms with E-state index in [9.17, 15) is 0 Å². The van der Waals surface area contributed by atoms with Crippen molar-refractivity contribution < 1.29 is 4.74 Å². The molecule has 1 fully saturated rings. The fourth-order valence-electron chi connectivity index (χ4n) is 1.71. The summed E-state index contributed by atoms with van der Waals surface area (Å²) >= 11 is 1.52. The van der Waals surface area contributed by atoms with Gasteiger partial charge in [0, 0.05) is 12.0 Å². The van der Waals surface area contributed by atoms with Gasteiger partial charge in [-0.3, -0.25) is 0 Å². The summed E-state index contributed by atoms with van der Waals surface area (Å²) in [6.07, 6.45) is 2.46. The molecule has 0 aromatic carbocycles. The number of nitrogens with one attached hydrogen (secondary N) is 1. The predicted molar refractivity (Wildman–Crippen MR) is 58.8 cm³/mol. The van der Waals surface area contributed by atoms with Crippen LogP contribution in [0.1, 0.15) is 12.1 Å². The van der Waals surface area contributed by atoms with Crippen LogP contribution in [0.2, 0.25) is 0 Å². The second-order valence-corrected chi connectivity index (χ2v) is 4.71. The smallest absolute Gasteiger partial charge is 0.145 e. The zero-order valence-electron chi connectivity index (χ0n) is 8.51. The standard InChI is InChI=1S/C9H11N5OS/c10-9(1-2-15-5-9)7-4-16-8(12-7)6-3-11-14-13-6/h3-4H,1-2,5,10H2,(H,11,13,14). The molecule has 0 saturated carbocycles. The molecule has 84 valence electrons. The molecule has 1 aliphatic heterocycles. The van der Waals surface area contributed by atoms with Gasteiger partial charge in [0.15, 0.2) is 0 Å². The SMILES string of the molecule is NC1(c2csc(-c3cn[nH]n3)n2)CCOC1. The zero-order valence-corrected chi connectivity index (χ0v) is 9.33. The molecular formula is C9H11N5OS. The van der Waals surface area contributed by atoms with Crippen molar-refractivity contribution >= 4 is 11.3 Å². The van der Waals surface area contributed by atoms with Gasteiger partial charge < -0.3 is 10.5 Å². The Balaban J connectivity index is 1.93. The van der Waals surface area contributed by atoms with Gasteiger partial charge in [-0.15, -0.1) is 11.3 Å². The summed E-state index contributed by atoms with van der Waals surface area (Å²) in [4.78, 5) is 4.50. The number of aromatic nitrogens is 4. The molecule has 3 rings (SSSR count). The second-order valence-electron chi connectivity index (χ2n) is 3.85. The molecule has 1 atom stereocenters. The first-order valence-electron chi connectivity index (χ1n) is 4.97. The van der Waals surface area contributed by atoms with E-state index < -0.39 is 5.54 Å². The highest BCUT2D eigenvalue weighted by Gasteiger charge is 2.34. The first kappa shape index (κ1) is 9.88. The van der Waals surface area contributed by atoms with Crippen LogP contribution in [0.15, 0.2) is 11.6 Å². The molecule has 0 bridgehead atoms. The first-order chi connectivity index (χ1) is 7.78. The normalized spacial score (nSPS) is 25.1. The Kier molecular flexibility index (Phi) is 2.23. The summed E-state index contributed by atoms with van der Waals surface area (Å²) in [5.74, 6) is 0. The first-order valence-corrected chi connectivity index (χ1v) is 5.85. The lowest BCUT2D eigenvalue weighted by Gasteiger charge is -2.18. The molecule has 6 nitrogen and oxygen atoms in total. The molecule has 7 heteroatoms. The summed E-state index contributed by atoms with van der Waals surface area (Å²) in [6.45, 7) is 1.24. The van der Waals surface area contributed by atoms with Crippen LogP contribution >= 0.6 is 11.3 Å². The van der Waals surface area contributed by atoms with Gasteiger partial charge in [-0.2, -0.15) is 15.4 Å². The van der Waals surface area contributed by atoms with Crippen LogP contribution in [0.25, 0.3) is 10.7 Å². The van der Waals surface area contributed by atoms with Gasteiger partial charge in [0.05, 0.1) is 24.0 Å². The highest BCUT2D eigenvalue weighted by atomic mass is 32.1. The van der Waals surface area contributed by atoms with E-state index >= 15 is 0 Å². The molecule has 1 saturated heterocycles. The fourth-order valence-corrected chi connectivity index (χ4v) is 2.59. The van der Waals surface area contributed by atoms with Gasteiger partial charge >= 0.3 is 0 Å². The molecule has 3 N–H and O–H groups in total. The monoisotopic (exact) mass is 237 g/mol. The van der Waals surface area contributed by atoms with Crippen LogP contribution < -0.4 is 5.73 Å². The minimum Gasteiger partial charge on any atom is -0.379 e. The van der Waals surface area contributed by atoms with Crippen molar-refractivity contribution in [2.45, 2.75) is 12.0 Å². The summed E-state index contributed by atoms with van der Waals surface area (Å²) in [7, 11) is 0. The highest BCUT2D eigenvalue weighted by molar-refractivity contribution is 7.13. The van der Waals surface area contributed by atoms with E-state index in [4.69, 9.17) is 10.5 Å². The van der Waals surface area contributed by atoms with Crippen LogP contribution in [0.4, 0.5) is 0 Å². The van der Waals surface area contributed by atoms with Crippen molar-refractivity contribution in [3.8, 4) is 10.7 Å². The van der Waals surface area contributed by atoms with E-state index in [-0.39, 0.29) is 0 Å². The van der Waals surface area contributed by atoms with Gasteiger partial charge in [-0.1, -0.05) is 0 Å². The number of rotatable bonds is 2. The molecule has 2 aromatic heterocycles. The Morgan fingerprint density at radius 2 is 2.50 bits per heavy atom. The van der Waals surface area contributed by atoms with E-state index in [0.29, 0.717) is 13.2 Å². The van der Waals surface area contributed by atoms with Crippen molar-refractivity contribution in [2.75, 3.05) is 13.2 Å². The van der Waals surface area contributed by atoms with Gasteiger partial charge in [0.25, 0.3) is 0 Å². The minimum atomic E-state index is -0.432. The molecular weight excluding hydrogens is 226 g/mol. The number of hydrogen-bond acceptors (Lipinski definition) is 6. The number of ether oxygens (including phenoxy) is 1. The number of H-pyrrole nitrogens is 1. The number of nitrogens with two attached hydrogens (primary N) is 1. The summed E-state index contributed by atoms with van der Waals surface area (Å²) in [5.41, 5.74) is 7.42. The van der Waals surface area contributed by atoms with Crippen LogP contribution in [-0.2, 0) is 10.3 Å². The average molecular weight is 237 g/mol. The molecule has 0 radical (unpaired) electrons. The van der Waals surface area contributed by atoms with Crippen molar-refractivity contribution in [1.29, 1.82) is 0 Å². The molecule has 0 aliphatic carbocycles. The van der Waals surface area contributed by atoms with E-state index in [2.05, 4.69) is 20.4 Å². The Hall–Kier alpha value is -1.31. The van der Waals surface area contributed by atoms with Gasteiger partial charge in [0.1, 0.15) is 10.7 Å². The van der Waals surface area contributed by atoms with Crippen LogP contribution in [0, 0.1) is 0 Å². The third kappa shape index (κ3) is 1.53. The van der Waals surface area contributed by atoms with Gasteiger partial charge in [0.2, 0.25) is 0 Å². The largest absolute Gasteiger partial charge is 0.379 e. The molecule has 0 amide bonds.